The van der Waals surface area contributed by atoms with Crippen molar-refractivity contribution in [2.24, 2.45) is 5.11 Å². The molecule has 0 bridgehead atoms. The standard InChI is InChI=1S/C8H4Cl2N4/c9-7-3-5-12-8(10)6(7)2-1-4-13-14-11/h3,5H,4H2. The van der Waals surface area contributed by atoms with Crippen molar-refractivity contribution in [2.75, 3.05) is 6.54 Å². The molecule has 0 aromatic carbocycles. The van der Waals surface area contributed by atoms with Crippen LogP contribution in [-0.4, -0.2) is 11.5 Å². The Bertz CT molecular complexity index is 420. The lowest BCUT2D eigenvalue weighted by molar-refractivity contribution is 1.25. The lowest BCUT2D eigenvalue weighted by Crippen LogP contribution is -1.83. The van der Waals surface area contributed by atoms with Gasteiger partial charge in [0.15, 0.2) is 0 Å². The number of aromatic nitrogens is 1. The maximum atomic E-state index is 8.00. The van der Waals surface area contributed by atoms with E-state index in [1.165, 1.54) is 6.20 Å². The zero-order valence-corrected chi connectivity index (χ0v) is 8.42. The van der Waals surface area contributed by atoms with Gasteiger partial charge in [0, 0.05) is 11.1 Å². The molecule has 0 saturated heterocycles. The Morgan fingerprint density at radius 2 is 2.36 bits per heavy atom. The van der Waals surface area contributed by atoms with E-state index in [9.17, 15) is 0 Å². The Hall–Kier alpha value is -1.40. The van der Waals surface area contributed by atoms with Crippen molar-refractivity contribution >= 4 is 23.2 Å². The molecule has 6 heteroatoms. The fraction of sp³-hybridized carbons (Fsp3) is 0.125. The summed E-state index contributed by atoms with van der Waals surface area (Å²) in [7, 11) is 0. The molecular formula is C8H4Cl2N4. The third kappa shape index (κ3) is 2.82. The van der Waals surface area contributed by atoms with Crippen LogP contribution in [0.3, 0.4) is 0 Å². The normalized spacial score (nSPS) is 8.43. The van der Waals surface area contributed by atoms with Crippen LogP contribution in [0.4, 0.5) is 0 Å². The second kappa shape index (κ2) is 5.36. The van der Waals surface area contributed by atoms with Crippen LogP contribution in [0.25, 0.3) is 10.4 Å². The van der Waals surface area contributed by atoms with E-state index in [2.05, 4.69) is 26.9 Å². The quantitative estimate of drug-likeness (QED) is 0.239. The first kappa shape index (κ1) is 10.7. The molecule has 0 N–H and O–H groups in total. The molecule has 4 nitrogen and oxygen atoms in total. The SMILES string of the molecule is [N-]=[N+]=NCC#Cc1c(Cl)ccnc1Cl. The fourth-order valence-electron chi connectivity index (χ4n) is 0.721. The predicted molar refractivity (Wildman–Crippen MR) is 55.1 cm³/mol. The van der Waals surface area contributed by atoms with Crippen LogP contribution >= 0.6 is 23.2 Å². The van der Waals surface area contributed by atoms with Crippen molar-refractivity contribution < 1.29 is 0 Å². The zero-order chi connectivity index (χ0) is 10.4. The molecule has 0 fully saturated rings. The van der Waals surface area contributed by atoms with Crippen molar-refractivity contribution in [3.63, 3.8) is 0 Å². The molecular weight excluding hydrogens is 223 g/mol. The third-order valence-electron chi connectivity index (χ3n) is 1.28. The van der Waals surface area contributed by atoms with Gasteiger partial charge in [-0.15, -0.1) is 0 Å². The van der Waals surface area contributed by atoms with E-state index in [-0.39, 0.29) is 11.7 Å². The Balaban J connectivity index is 2.94. The lowest BCUT2D eigenvalue weighted by Gasteiger charge is -1.95. The van der Waals surface area contributed by atoms with Gasteiger partial charge in [-0.1, -0.05) is 40.2 Å². The summed E-state index contributed by atoms with van der Waals surface area (Å²) in [5.74, 6) is 5.28. The molecule has 1 rings (SSSR count). The minimum atomic E-state index is 0.0814. The molecule has 1 aromatic rings. The average molecular weight is 227 g/mol. The van der Waals surface area contributed by atoms with Gasteiger partial charge in [0.1, 0.15) is 5.15 Å². The summed E-state index contributed by atoms with van der Waals surface area (Å²) >= 11 is 11.6. The molecule has 0 aliphatic carbocycles. The van der Waals surface area contributed by atoms with Gasteiger partial charge in [-0.2, -0.15) is 0 Å². The van der Waals surface area contributed by atoms with Crippen molar-refractivity contribution in [1.29, 1.82) is 0 Å². The monoisotopic (exact) mass is 226 g/mol. The second-order valence-corrected chi connectivity index (χ2v) is 2.91. The summed E-state index contributed by atoms with van der Waals surface area (Å²) in [5, 5.41) is 3.92. The Labute approximate surface area is 90.5 Å². The minimum Gasteiger partial charge on any atom is -0.243 e. The van der Waals surface area contributed by atoms with Gasteiger partial charge >= 0.3 is 0 Å². The number of rotatable bonds is 1. The first-order valence-electron chi connectivity index (χ1n) is 3.55. The number of hydrogen-bond acceptors (Lipinski definition) is 2. The van der Waals surface area contributed by atoms with Crippen LogP contribution in [-0.2, 0) is 0 Å². The van der Waals surface area contributed by atoms with Gasteiger partial charge in [0.25, 0.3) is 0 Å². The minimum absolute atomic E-state index is 0.0814. The van der Waals surface area contributed by atoms with Crippen LogP contribution in [0, 0.1) is 11.8 Å². The Morgan fingerprint density at radius 1 is 1.57 bits per heavy atom. The molecule has 0 amide bonds. The highest BCUT2D eigenvalue weighted by Gasteiger charge is 2.01. The smallest absolute Gasteiger partial charge is 0.146 e. The van der Waals surface area contributed by atoms with Crippen LogP contribution in [0.1, 0.15) is 5.56 Å². The molecule has 0 spiro atoms. The van der Waals surface area contributed by atoms with Crippen LogP contribution in [0.5, 0.6) is 0 Å². The largest absolute Gasteiger partial charge is 0.243 e. The summed E-state index contributed by atoms with van der Waals surface area (Å²) in [4.78, 5) is 6.37. The van der Waals surface area contributed by atoms with Crippen molar-refractivity contribution in [3.8, 4) is 11.8 Å². The van der Waals surface area contributed by atoms with E-state index in [0.717, 1.165) is 0 Å². The maximum absolute atomic E-state index is 8.00. The number of nitrogens with zero attached hydrogens (tertiary/aromatic N) is 4. The van der Waals surface area contributed by atoms with E-state index >= 15 is 0 Å². The molecule has 0 radical (unpaired) electrons. The highest BCUT2D eigenvalue weighted by Crippen LogP contribution is 2.20. The van der Waals surface area contributed by atoms with Gasteiger partial charge in [-0.3, -0.25) is 0 Å². The summed E-state index contributed by atoms with van der Waals surface area (Å²) < 4.78 is 0. The first-order valence-corrected chi connectivity index (χ1v) is 4.31. The number of pyridine rings is 1. The first-order chi connectivity index (χ1) is 6.75. The third-order valence-corrected chi connectivity index (χ3v) is 1.88. The van der Waals surface area contributed by atoms with E-state index in [1.807, 2.05) is 0 Å². The Kier molecular flexibility index (Phi) is 4.09. The summed E-state index contributed by atoms with van der Waals surface area (Å²) in [5.41, 5.74) is 8.45. The summed E-state index contributed by atoms with van der Waals surface area (Å²) in [6.07, 6.45) is 1.49. The van der Waals surface area contributed by atoms with Gasteiger partial charge < -0.3 is 0 Å². The molecule has 0 atom stereocenters. The molecule has 70 valence electrons. The molecule has 0 aliphatic heterocycles. The second-order valence-electron chi connectivity index (χ2n) is 2.15. The van der Waals surface area contributed by atoms with E-state index in [1.54, 1.807) is 6.07 Å². The molecule has 0 aliphatic rings. The van der Waals surface area contributed by atoms with Crippen LogP contribution in [0.2, 0.25) is 10.2 Å². The summed E-state index contributed by atoms with van der Waals surface area (Å²) in [6, 6.07) is 1.59. The highest BCUT2D eigenvalue weighted by molar-refractivity contribution is 6.35. The average Bonchev–Trinajstić information content (AvgIpc) is 2.16. The molecule has 14 heavy (non-hydrogen) atoms. The van der Waals surface area contributed by atoms with Crippen molar-refractivity contribution in [1.82, 2.24) is 4.98 Å². The van der Waals surface area contributed by atoms with Gasteiger partial charge in [0.05, 0.1) is 17.1 Å². The van der Waals surface area contributed by atoms with E-state index in [0.29, 0.717) is 10.6 Å². The molecule has 0 saturated carbocycles. The van der Waals surface area contributed by atoms with Crippen molar-refractivity contribution in [2.45, 2.75) is 0 Å². The number of hydrogen-bond donors (Lipinski definition) is 0. The topological polar surface area (TPSA) is 61.7 Å². The van der Waals surface area contributed by atoms with Gasteiger partial charge in [-0.25, -0.2) is 4.98 Å². The van der Waals surface area contributed by atoms with E-state index < -0.39 is 0 Å². The molecule has 0 unspecified atom stereocenters. The number of azide groups is 1. The fourth-order valence-corrected chi connectivity index (χ4v) is 1.17. The Morgan fingerprint density at radius 3 is 3.00 bits per heavy atom. The lowest BCUT2D eigenvalue weighted by atomic mass is 10.3. The van der Waals surface area contributed by atoms with Crippen LogP contribution in [0.15, 0.2) is 17.4 Å². The van der Waals surface area contributed by atoms with Gasteiger partial charge in [-0.05, 0) is 11.6 Å². The highest BCUT2D eigenvalue weighted by atomic mass is 35.5. The molecule has 1 aromatic heterocycles. The van der Waals surface area contributed by atoms with Crippen molar-refractivity contribution in [3.05, 3.63) is 38.4 Å². The van der Waals surface area contributed by atoms with Gasteiger partial charge in [0.2, 0.25) is 0 Å². The maximum Gasteiger partial charge on any atom is 0.146 e. The summed E-state index contributed by atoms with van der Waals surface area (Å²) in [6.45, 7) is 0.0814. The van der Waals surface area contributed by atoms with Crippen LogP contribution < -0.4 is 0 Å². The molecule has 1 heterocycles. The predicted octanol–water partition coefficient (Wildman–Crippen LogP) is 3.05. The van der Waals surface area contributed by atoms with E-state index in [4.69, 9.17) is 28.7 Å². The number of halogens is 2. The zero-order valence-electron chi connectivity index (χ0n) is 6.91.